The van der Waals surface area contributed by atoms with Gasteiger partial charge >= 0.3 is 0 Å². The van der Waals surface area contributed by atoms with Crippen molar-refractivity contribution in [3.8, 4) is 0 Å². The fraction of sp³-hybridized carbons (Fsp3) is 0.750. The average Bonchev–Trinajstić information content (AvgIpc) is 3.80. The van der Waals surface area contributed by atoms with Gasteiger partial charge < -0.3 is 54.2 Å². The molecule has 7 amide bonds. The highest BCUT2D eigenvalue weighted by Crippen LogP contribution is 2.43. The van der Waals surface area contributed by atoms with E-state index in [1.165, 1.54) is 27.3 Å². The number of Topliss-reactive ketones (excluding diaryl/α,β-unsaturated/α-hetero) is 1. The first kappa shape index (κ1) is 43.9. The van der Waals surface area contributed by atoms with Crippen molar-refractivity contribution in [1.82, 2.24) is 31.9 Å². The van der Waals surface area contributed by atoms with Crippen LogP contribution < -0.4 is 49.1 Å². The second-order valence-electron chi connectivity index (χ2n) is 12.7. The number of aliphatic hydroxyl groups excluding tert-OH is 1. The van der Waals surface area contributed by atoms with Crippen LogP contribution in [0.15, 0.2) is 0 Å². The van der Waals surface area contributed by atoms with E-state index in [4.69, 9.17) is 17.2 Å². The Morgan fingerprint density at radius 1 is 0.820 bits per heavy atom. The van der Waals surface area contributed by atoms with Crippen molar-refractivity contribution < 1.29 is 43.5 Å². The van der Waals surface area contributed by atoms with Gasteiger partial charge in [-0.25, -0.2) is 0 Å². The maximum atomic E-state index is 13.3. The Morgan fingerprint density at radius 3 is 1.98 bits per heavy atom. The lowest BCUT2D eigenvalue weighted by Gasteiger charge is -2.27. The van der Waals surface area contributed by atoms with E-state index in [2.05, 4.69) is 38.8 Å². The smallest absolute Gasteiger partial charge is 0.289 e. The maximum absolute atomic E-state index is 13.3. The average molecular weight is 712 g/mol. The predicted molar refractivity (Wildman–Crippen MR) is 182 cm³/mol. The number of rotatable bonds is 25. The van der Waals surface area contributed by atoms with Gasteiger partial charge in [0.25, 0.3) is 11.8 Å². The molecule has 0 radical (unpaired) electrons. The molecular weight excluding hydrogens is 654 g/mol. The molecule has 1 aliphatic carbocycles. The number of aliphatic hydroxyl groups is 1. The van der Waals surface area contributed by atoms with Crippen LogP contribution in [-0.4, -0.2) is 102 Å². The van der Waals surface area contributed by atoms with E-state index < -0.39 is 83.1 Å². The molecule has 2 unspecified atom stereocenters. The zero-order chi connectivity index (χ0) is 38.0. The molecule has 1 saturated carbocycles. The first-order valence-electron chi connectivity index (χ1n) is 17.3. The van der Waals surface area contributed by atoms with Crippen molar-refractivity contribution in [2.24, 2.45) is 23.1 Å². The second-order valence-corrected chi connectivity index (χ2v) is 12.7. The van der Waals surface area contributed by atoms with Crippen molar-refractivity contribution >= 4 is 47.1 Å². The van der Waals surface area contributed by atoms with Gasteiger partial charge in [-0.15, -0.1) is 0 Å². The maximum Gasteiger partial charge on any atom is 0.289 e. The van der Waals surface area contributed by atoms with Crippen LogP contribution in [0.1, 0.15) is 97.8 Å². The minimum Gasteiger partial charge on any atom is -0.391 e. The second kappa shape index (κ2) is 21.8. The molecule has 18 heteroatoms. The van der Waals surface area contributed by atoms with Gasteiger partial charge in [-0.3, -0.25) is 38.4 Å². The predicted octanol–water partition coefficient (Wildman–Crippen LogP) is -2.81. The van der Waals surface area contributed by atoms with E-state index >= 15 is 0 Å². The topological polar surface area (TPSA) is 307 Å². The largest absolute Gasteiger partial charge is 0.391 e. The first-order chi connectivity index (χ1) is 23.6. The molecule has 0 aromatic heterocycles. The summed E-state index contributed by atoms with van der Waals surface area (Å²) in [5.41, 5.74) is 14.9. The molecule has 0 heterocycles. The molecule has 13 N–H and O–H groups in total. The number of primary amides is 1. The number of hydrogen-bond donors (Lipinski definition) is 10. The molecule has 0 saturated heterocycles. The molecule has 7 atom stereocenters. The van der Waals surface area contributed by atoms with Crippen LogP contribution in [0.4, 0.5) is 0 Å². The van der Waals surface area contributed by atoms with E-state index in [1.54, 1.807) is 0 Å². The normalized spacial score (nSPS) is 19.4. The van der Waals surface area contributed by atoms with Crippen LogP contribution in [0.5, 0.6) is 0 Å². The lowest BCUT2D eigenvalue weighted by atomic mass is 10.1. The molecule has 1 aliphatic rings. The molecule has 284 valence electrons. The lowest BCUT2D eigenvalue weighted by molar-refractivity contribution is -0.140. The van der Waals surface area contributed by atoms with Gasteiger partial charge in [-0.2, -0.15) is 0 Å². The van der Waals surface area contributed by atoms with Crippen molar-refractivity contribution in [3.63, 3.8) is 0 Å². The fourth-order valence-corrected chi connectivity index (χ4v) is 5.30. The number of nitrogens with one attached hydrogen (secondary N) is 6. The molecule has 0 aromatic rings. The van der Waals surface area contributed by atoms with Crippen LogP contribution in [0, 0.1) is 5.92 Å². The monoisotopic (exact) mass is 711 g/mol. The number of nitrogens with two attached hydrogens (primary N) is 3. The molecule has 0 spiro atoms. The number of amides is 7. The summed E-state index contributed by atoms with van der Waals surface area (Å²) >= 11 is 0. The van der Waals surface area contributed by atoms with Gasteiger partial charge in [0.2, 0.25) is 35.3 Å². The molecule has 1 rings (SSSR count). The van der Waals surface area contributed by atoms with Crippen LogP contribution in [0.25, 0.3) is 0 Å². The molecule has 0 aromatic carbocycles. The summed E-state index contributed by atoms with van der Waals surface area (Å²) in [5, 5.41) is 24.3. The minimum atomic E-state index is -1.91. The van der Waals surface area contributed by atoms with Crippen LogP contribution in [0.3, 0.4) is 0 Å². The molecule has 18 nitrogen and oxygen atoms in total. The number of hydrogen-bond acceptors (Lipinski definition) is 11. The Morgan fingerprint density at radius 2 is 1.44 bits per heavy atom. The third kappa shape index (κ3) is 14.0. The molecule has 1 fully saturated rings. The Kier molecular flexibility index (Phi) is 19.1. The minimum absolute atomic E-state index is 0.220. The Bertz CT molecular complexity index is 1220. The number of unbranched alkanes of at least 4 members (excludes halogenated alkanes) is 7. The highest BCUT2D eigenvalue weighted by atomic mass is 16.3. The summed E-state index contributed by atoms with van der Waals surface area (Å²) < 4.78 is 0. The summed E-state index contributed by atoms with van der Waals surface area (Å²) in [5.74, 6) is -8.32. The zero-order valence-electron chi connectivity index (χ0n) is 29.6. The number of ketones is 1. The number of likely N-dealkylation sites (N-methyl/N-ethyl adjacent to an activating group) is 1. The summed E-state index contributed by atoms with van der Waals surface area (Å²) in [7, 11) is 1.22. The van der Waals surface area contributed by atoms with Crippen molar-refractivity contribution in [1.29, 1.82) is 0 Å². The third-order valence-corrected chi connectivity index (χ3v) is 8.50. The summed E-state index contributed by atoms with van der Waals surface area (Å²) in [4.78, 5) is 101. The van der Waals surface area contributed by atoms with E-state index in [0.717, 1.165) is 32.1 Å². The van der Waals surface area contributed by atoms with Gasteiger partial charge in [-0.05, 0) is 52.5 Å². The summed E-state index contributed by atoms with van der Waals surface area (Å²) in [6, 6.07) is -3.95. The van der Waals surface area contributed by atoms with Crippen LogP contribution in [0.2, 0.25) is 0 Å². The zero-order valence-corrected chi connectivity index (χ0v) is 29.6. The highest BCUT2D eigenvalue weighted by Gasteiger charge is 2.64. The third-order valence-electron chi connectivity index (χ3n) is 8.50. The quantitative estimate of drug-likeness (QED) is 0.0262. The summed E-state index contributed by atoms with van der Waals surface area (Å²) in [6.07, 6.45) is 5.08. The van der Waals surface area contributed by atoms with Crippen molar-refractivity contribution in [3.05, 3.63) is 0 Å². The van der Waals surface area contributed by atoms with Crippen LogP contribution >= 0.6 is 0 Å². The molecule has 0 aliphatic heterocycles. The Balaban J connectivity index is 2.91. The van der Waals surface area contributed by atoms with Gasteiger partial charge in [0.1, 0.15) is 17.6 Å². The fourth-order valence-electron chi connectivity index (χ4n) is 5.30. The lowest BCUT2D eigenvalue weighted by Crippen LogP contribution is -2.64. The SMILES string of the molecule is CCCCCCCCCC(=O)N[C@@H](CCCCN)C(=O)N[C@H](C(=O)N[C@@H](N)C(=O)NC1(C(=O)NC(C)C(=O)C(=O)NC)C[C@H]1C(N)=O)[C@@H](C)O. The van der Waals surface area contributed by atoms with Gasteiger partial charge in [0.15, 0.2) is 6.17 Å². The van der Waals surface area contributed by atoms with Crippen molar-refractivity contribution in [2.45, 2.75) is 134 Å². The Hall–Kier alpha value is -4.16. The van der Waals surface area contributed by atoms with E-state index in [-0.39, 0.29) is 25.2 Å². The standard InChI is InChI=1S/C32H57N9O9/c1-5-6-7-8-9-10-11-15-22(43)38-21(14-12-13-16-33)27(46)39-23(19(3)42)28(47)40-25(34)30(49)41-32(17-20(32)26(35)45)31(50)37-18(2)24(44)29(48)36-4/h18-21,23,25,42H,5-17,33-34H2,1-4H3,(H2,35,45)(H,36,48)(H,37,50)(H,38,43)(H,39,46)(H,40,47)(H,41,49)/t18?,19-,20+,21+,23+,25-,32?/m1/s1. The van der Waals surface area contributed by atoms with Crippen molar-refractivity contribution in [2.75, 3.05) is 13.6 Å². The molecular formula is C32H57N9O9. The van der Waals surface area contributed by atoms with E-state index in [0.29, 0.717) is 25.8 Å². The van der Waals surface area contributed by atoms with Gasteiger partial charge in [-0.1, -0.05) is 45.4 Å². The van der Waals surface area contributed by atoms with E-state index in [9.17, 15) is 43.5 Å². The van der Waals surface area contributed by atoms with E-state index in [1.807, 2.05) is 0 Å². The Labute approximate surface area is 292 Å². The first-order valence-corrected chi connectivity index (χ1v) is 17.3. The number of carbonyl (C=O) groups is 8. The highest BCUT2D eigenvalue weighted by molar-refractivity contribution is 6.38. The van der Waals surface area contributed by atoms with Crippen LogP contribution in [-0.2, 0) is 38.4 Å². The number of carbonyl (C=O) groups excluding carboxylic acids is 8. The van der Waals surface area contributed by atoms with Gasteiger partial charge in [0, 0.05) is 13.5 Å². The summed E-state index contributed by atoms with van der Waals surface area (Å²) in [6.45, 7) is 4.96. The van der Waals surface area contributed by atoms with Gasteiger partial charge in [0.05, 0.1) is 18.1 Å². The molecule has 50 heavy (non-hydrogen) atoms. The molecule has 0 bridgehead atoms.